The van der Waals surface area contributed by atoms with E-state index in [1.54, 1.807) is 18.2 Å². The van der Waals surface area contributed by atoms with Crippen LogP contribution in [-0.4, -0.2) is 22.4 Å². The molecule has 110 valence electrons. The Kier molecular flexibility index (Phi) is 4.55. The minimum absolute atomic E-state index is 0.102. The normalized spacial score (nSPS) is 10.0. The fourth-order valence-corrected chi connectivity index (χ4v) is 1.79. The number of nitrogens with zero attached hydrogens (tertiary/aromatic N) is 2. The van der Waals surface area contributed by atoms with E-state index in [1.807, 2.05) is 19.1 Å². The minimum atomic E-state index is -0.102. The van der Waals surface area contributed by atoms with Crippen LogP contribution in [0.1, 0.15) is 13.8 Å². The monoisotopic (exact) mass is 286 g/mol. The van der Waals surface area contributed by atoms with E-state index in [1.165, 1.54) is 6.92 Å². The molecule has 1 aromatic heterocycles. The molecule has 0 aliphatic carbocycles. The number of benzene rings is 1. The highest BCUT2D eigenvalue weighted by Crippen LogP contribution is 2.20. The Labute approximate surface area is 123 Å². The second-order valence-electron chi connectivity index (χ2n) is 4.41. The Morgan fingerprint density at radius 1 is 1.14 bits per heavy atom. The Hall–Kier alpha value is -2.83. The summed E-state index contributed by atoms with van der Waals surface area (Å²) in [7, 11) is 0. The number of anilines is 5. The first kappa shape index (κ1) is 14.6. The molecule has 0 aliphatic rings. The molecule has 0 bridgehead atoms. The van der Waals surface area contributed by atoms with Gasteiger partial charge in [0.25, 0.3) is 0 Å². The quantitative estimate of drug-likeness (QED) is 0.671. The van der Waals surface area contributed by atoms with E-state index in [9.17, 15) is 4.79 Å². The minimum Gasteiger partial charge on any atom is -0.370 e. The number of nitrogens with one attached hydrogen (secondary N) is 3. The maximum Gasteiger partial charge on any atom is 0.223 e. The highest BCUT2D eigenvalue weighted by Gasteiger charge is 2.03. The van der Waals surface area contributed by atoms with Crippen molar-refractivity contribution < 1.29 is 4.79 Å². The fourth-order valence-electron chi connectivity index (χ4n) is 1.79. The summed E-state index contributed by atoms with van der Waals surface area (Å²) in [5.74, 6) is 1.37. The van der Waals surface area contributed by atoms with Crippen molar-refractivity contribution in [2.75, 3.05) is 28.2 Å². The van der Waals surface area contributed by atoms with Crippen LogP contribution in [0.5, 0.6) is 0 Å². The van der Waals surface area contributed by atoms with Gasteiger partial charge in [0.05, 0.1) is 0 Å². The van der Waals surface area contributed by atoms with Gasteiger partial charge in [-0.1, -0.05) is 0 Å². The van der Waals surface area contributed by atoms with E-state index in [0.717, 1.165) is 17.9 Å². The fraction of sp³-hybridized carbons (Fsp3) is 0.214. The molecule has 0 fully saturated rings. The van der Waals surface area contributed by atoms with Crippen molar-refractivity contribution in [2.45, 2.75) is 13.8 Å². The molecular formula is C14H18N6O. The van der Waals surface area contributed by atoms with Crippen LogP contribution in [0, 0.1) is 0 Å². The number of carbonyl (C=O) groups is 1. The lowest BCUT2D eigenvalue weighted by molar-refractivity contribution is -0.114. The highest BCUT2D eigenvalue weighted by atomic mass is 16.1. The summed E-state index contributed by atoms with van der Waals surface area (Å²) in [6, 6.07) is 9.08. The third kappa shape index (κ3) is 4.34. The van der Waals surface area contributed by atoms with Crippen molar-refractivity contribution in [1.82, 2.24) is 9.97 Å². The molecule has 1 heterocycles. The van der Waals surface area contributed by atoms with Crippen LogP contribution < -0.4 is 21.7 Å². The summed E-state index contributed by atoms with van der Waals surface area (Å²) >= 11 is 0. The van der Waals surface area contributed by atoms with Crippen LogP contribution in [0.3, 0.4) is 0 Å². The average Bonchev–Trinajstić information content (AvgIpc) is 2.40. The van der Waals surface area contributed by atoms with E-state index in [-0.39, 0.29) is 11.9 Å². The largest absolute Gasteiger partial charge is 0.370 e. The molecule has 1 amide bonds. The predicted octanol–water partition coefficient (Wildman–Crippen LogP) is 2.19. The van der Waals surface area contributed by atoms with Crippen molar-refractivity contribution in [1.29, 1.82) is 0 Å². The summed E-state index contributed by atoms with van der Waals surface area (Å²) in [6.07, 6.45) is 0. The van der Waals surface area contributed by atoms with Gasteiger partial charge in [-0.05, 0) is 31.2 Å². The van der Waals surface area contributed by atoms with Crippen LogP contribution in [-0.2, 0) is 4.79 Å². The standard InChI is InChI=1S/C14H18N6O/c1-3-16-12-8-13(20-14(15)19-12)18-11-6-4-10(5-7-11)17-9(2)21/h4-8H,3H2,1-2H3,(H,17,21)(H4,15,16,18,19,20). The van der Waals surface area contributed by atoms with Crippen molar-refractivity contribution in [2.24, 2.45) is 0 Å². The lowest BCUT2D eigenvalue weighted by atomic mass is 10.2. The number of rotatable bonds is 5. The molecule has 0 saturated heterocycles. The van der Waals surface area contributed by atoms with Gasteiger partial charge >= 0.3 is 0 Å². The van der Waals surface area contributed by atoms with E-state index in [0.29, 0.717) is 11.6 Å². The number of carbonyl (C=O) groups excluding carboxylic acids is 1. The summed E-state index contributed by atoms with van der Waals surface area (Å²) in [4.78, 5) is 19.2. The molecule has 0 aliphatic heterocycles. The summed E-state index contributed by atoms with van der Waals surface area (Å²) in [6.45, 7) is 4.20. The smallest absolute Gasteiger partial charge is 0.223 e. The number of hydrogen-bond donors (Lipinski definition) is 4. The molecule has 0 radical (unpaired) electrons. The molecule has 0 unspecified atom stereocenters. The van der Waals surface area contributed by atoms with Gasteiger partial charge in [-0.2, -0.15) is 9.97 Å². The predicted molar refractivity (Wildman–Crippen MR) is 84.6 cm³/mol. The van der Waals surface area contributed by atoms with Crippen molar-refractivity contribution >= 4 is 34.9 Å². The van der Waals surface area contributed by atoms with Crippen LogP contribution in [0.15, 0.2) is 30.3 Å². The molecular weight excluding hydrogens is 268 g/mol. The van der Waals surface area contributed by atoms with E-state index in [2.05, 4.69) is 25.9 Å². The van der Waals surface area contributed by atoms with Gasteiger partial charge in [-0.3, -0.25) is 4.79 Å². The number of amides is 1. The number of hydrogen-bond acceptors (Lipinski definition) is 6. The molecule has 21 heavy (non-hydrogen) atoms. The Morgan fingerprint density at radius 3 is 2.38 bits per heavy atom. The number of nitrogen functional groups attached to an aromatic ring is 1. The van der Waals surface area contributed by atoms with Gasteiger partial charge in [0, 0.05) is 30.9 Å². The Morgan fingerprint density at radius 2 is 1.76 bits per heavy atom. The zero-order valence-electron chi connectivity index (χ0n) is 12.0. The van der Waals surface area contributed by atoms with Gasteiger partial charge in [0.2, 0.25) is 11.9 Å². The molecule has 0 saturated carbocycles. The maximum atomic E-state index is 11.0. The van der Waals surface area contributed by atoms with Gasteiger partial charge in [0.1, 0.15) is 11.6 Å². The highest BCUT2D eigenvalue weighted by molar-refractivity contribution is 5.88. The average molecular weight is 286 g/mol. The second kappa shape index (κ2) is 6.56. The molecule has 0 spiro atoms. The van der Waals surface area contributed by atoms with E-state index in [4.69, 9.17) is 5.73 Å². The van der Waals surface area contributed by atoms with E-state index < -0.39 is 0 Å². The second-order valence-corrected chi connectivity index (χ2v) is 4.41. The maximum absolute atomic E-state index is 11.0. The molecule has 1 aromatic carbocycles. The topological polar surface area (TPSA) is 105 Å². The molecule has 2 rings (SSSR count). The lowest BCUT2D eigenvalue weighted by Gasteiger charge is -2.09. The molecule has 2 aromatic rings. The first-order valence-electron chi connectivity index (χ1n) is 6.60. The Balaban J connectivity index is 2.12. The van der Waals surface area contributed by atoms with Crippen LogP contribution in [0.4, 0.5) is 29.0 Å². The first-order valence-corrected chi connectivity index (χ1v) is 6.60. The Bertz CT molecular complexity index is 626. The van der Waals surface area contributed by atoms with Gasteiger partial charge < -0.3 is 21.7 Å². The SMILES string of the molecule is CCNc1cc(Nc2ccc(NC(C)=O)cc2)nc(N)n1. The zero-order chi connectivity index (χ0) is 15.2. The van der Waals surface area contributed by atoms with Crippen molar-refractivity contribution in [3.8, 4) is 0 Å². The van der Waals surface area contributed by atoms with Crippen molar-refractivity contribution in [3.63, 3.8) is 0 Å². The van der Waals surface area contributed by atoms with Gasteiger partial charge in [0.15, 0.2) is 0 Å². The number of nitrogens with two attached hydrogens (primary N) is 1. The van der Waals surface area contributed by atoms with Gasteiger partial charge in [-0.25, -0.2) is 0 Å². The van der Waals surface area contributed by atoms with Gasteiger partial charge in [-0.15, -0.1) is 0 Å². The van der Waals surface area contributed by atoms with Crippen LogP contribution in [0.2, 0.25) is 0 Å². The molecule has 7 nitrogen and oxygen atoms in total. The van der Waals surface area contributed by atoms with Crippen molar-refractivity contribution in [3.05, 3.63) is 30.3 Å². The third-order valence-electron chi connectivity index (χ3n) is 2.58. The third-order valence-corrected chi connectivity index (χ3v) is 2.58. The summed E-state index contributed by atoms with van der Waals surface area (Å²) in [5, 5.41) is 8.94. The first-order chi connectivity index (χ1) is 10.1. The number of aromatic nitrogens is 2. The molecule has 7 heteroatoms. The summed E-state index contributed by atoms with van der Waals surface area (Å²) < 4.78 is 0. The lowest BCUT2D eigenvalue weighted by Crippen LogP contribution is -2.06. The summed E-state index contributed by atoms with van der Waals surface area (Å²) in [5.41, 5.74) is 7.25. The molecule has 5 N–H and O–H groups in total. The van der Waals surface area contributed by atoms with Crippen LogP contribution >= 0.6 is 0 Å². The van der Waals surface area contributed by atoms with Crippen LogP contribution in [0.25, 0.3) is 0 Å². The van der Waals surface area contributed by atoms with E-state index >= 15 is 0 Å². The zero-order valence-corrected chi connectivity index (χ0v) is 12.0. The molecule has 0 atom stereocenters.